The zero-order valence-corrected chi connectivity index (χ0v) is 10.7. The molecule has 0 saturated heterocycles. The second kappa shape index (κ2) is 5.25. The van der Waals surface area contributed by atoms with E-state index < -0.39 is 15.6 Å². The lowest BCUT2D eigenvalue weighted by Gasteiger charge is -2.24. The number of hydrogen-bond acceptors (Lipinski definition) is 4. The highest BCUT2D eigenvalue weighted by atomic mass is 32.2. The molecule has 92 valence electrons. The number of nitrogens with zero attached hydrogens (tertiary/aromatic N) is 2. The van der Waals surface area contributed by atoms with Gasteiger partial charge in [0.15, 0.2) is 0 Å². The van der Waals surface area contributed by atoms with Gasteiger partial charge in [0.2, 0.25) is 10.0 Å². The summed E-state index contributed by atoms with van der Waals surface area (Å²) < 4.78 is 26.5. The van der Waals surface area contributed by atoms with Crippen LogP contribution in [0.5, 0.6) is 0 Å². The number of rotatable bonds is 5. The molecule has 0 fully saturated rings. The highest BCUT2D eigenvalue weighted by molar-refractivity contribution is 7.89. The van der Waals surface area contributed by atoms with E-state index in [9.17, 15) is 8.42 Å². The highest BCUT2D eigenvalue weighted by Crippen LogP contribution is 2.18. The maximum atomic E-state index is 12.0. The van der Waals surface area contributed by atoms with Crippen molar-refractivity contribution in [2.75, 3.05) is 0 Å². The molecule has 17 heavy (non-hydrogen) atoms. The molecule has 0 atom stereocenters. The van der Waals surface area contributed by atoms with Crippen LogP contribution in [0.3, 0.4) is 0 Å². The first-order valence-corrected chi connectivity index (χ1v) is 6.83. The van der Waals surface area contributed by atoms with Gasteiger partial charge in [-0.3, -0.25) is 4.98 Å². The van der Waals surface area contributed by atoms with Crippen molar-refractivity contribution in [3.63, 3.8) is 0 Å². The fraction of sp³-hybridized carbons (Fsp3) is 0.455. The molecular weight excluding hydrogens is 238 g/mol. The van der Waals surface area contributed by atoms with Gasteiger partial charge >= 0.3 is 0 Å². The summed E-state index contributed by atoms with van der Waals surface area (Å²) in [4.78, 5) is 3.83. The number of sulfonamides is 1. The van der Waals surface area contributed by atoms with Gasteiger partial charge < -0.3 is 0 Å². The van der Waals surface area contributed by atoms with Gasteiger partial charge in [0.1, 0.15) is 10.4 Å². The van der Waals surface area contributed by atoms with Crippen LogP contribution in [-0.2, 0) is 10.0 Å². The maximum absolute atomic E-state index is 12.0. The molecule has 1 aromatic rings. The predicted molar refractivity (Wildman–Crippen MR) is 63.5 cm³/mol. The van der Waals surface area contributed by atoms with Gasteiger partial charge in [-0.2, -0.15) is 9.98 Å². The summed E-state index contributed by atoms with van der Waals surface area (Å²) in [5, 5.41) is 9.09. The quantitative estimate of drug-likeness (QED) is 0.860. The molecule has 5 nitrogen and oxygen atoms in total. The van der Waals surface area contributed by atoms with E-state index in [1.165, 1.54) is 18.5 Å². The first kappa shape index (κ1) is 13.6. The molecule has 1 N–H and O–H groups in total. The Bertz CT molecular complexity index is 501. The van der Waals surface area contributed by atoms with Crippen LogP contribution in [-0.4, -0.2) is 18.9 Å². The Morgan fingerprint density at radius 1 is 1.47 bits per heavy atom. The number of nitriles is 1. The Morgan fingerprint density at radius 3 is 2.53 bits per heavy atom. The number of aromatic nitrogens is 1. The van der Waals surface area contributed by atoms with E-state index in [0.717, 1.165) is 0 Å². The van der Waals surface area contributed by atoms with Gasteiger partial charge in [0.25, 0.3) is 0 Å². The van der Waals surface area contributed by atoms with Gasteiger partial charge in [0, 0.05) is 12.4 Å². The van der Waals surface area contributed by atoms with Crippen LogP contribution in [0.25, 0.3) is 0 Å². The molecular formula is C11H15N3O2S. The fourth-order valence-electron chi connectivity index (χ4n) is 1.40. The molecule has 1 heterocycles. The smallest absolute Gasteiger partial charge is 0.243 e. The normalized spacial score (nSPS) is 12.1. The lowest BCUT2D eigenvalue weighted by atomic mass is 9.97. The molecule has 0 spiro atoms. The van der Waals surface area contributed by atoms with E-state index in [1.54, 1.807) is 19.9 Å². The molecule has 0 aliphatic rings. The van der Waals surface area contributed by atoms with E-state index in [4.69, 9.17) is 5.26 Å². The lowest BCUT2D eigenvalue weighted by molar-refractivity contribution is 0.446. The van der Waals surface area contributed by atoms with E-state index in [-0.39, 0.29) is 4.90 Å². The van der Waals surface area contributed by atoms with Crippen LogP contribution in [0.15, 0.2) is 29.4 Å². The molecule has 0 saturated carbocycles. The van der Waals surface area contributed by atoms with Crippen molar-refractivity contribution in [3.05, 3.63) is 24.5 Å². The van der Waals surface area contributed by atoms with E-state index in [2.05, 4.69) is 9.71 Å². The molecule has 1 aromatic heterocycles. The van der Waals surface area contributed by atoms with E-state index in [1.807, 2.05) is 6.07 Å². The van der Waals surface area contributed by atoms with Crippen molar-refractivity contribution in [2.45, 2.75) is 37.1 Å². The maximum Gasteiger partial charge on any atom is 0.243 e. The van der Waals surface area contributed by atoms with E-state index >= 15 is 0 Å². The minimum atomic E-state index is -3.69. The van der Waals surface area contributed by atoms with Gasteiger partial charge in [0.05, 0.1) is 6.07 Å². The van der Waals surface area contributed by atoms with Crippen molar-refractivity contribution >= 4 is 10.0 Å². The Balaban J connectivity index is 3.07. The summed E-state index contributed by atoms with van der Waals surface area (Å²) in [6.07, 6.45) is 3.59. The first-order chi connectivity index (χ1) is 7.99. The summed E-state index contributed by atoms with van der Waals surface area (Å²) in [6.45, 7) is 3.55. The van der Waals surface area contributed by atoms with Crippen LogP contribution >= 0.6 is 0 Å². The molecule has 0 bridgehead atoms. The standard InChI is InChI=1S/C11H15N3O2S/c1-3-11(4-2,9-12)14-17(15,16)10-6-5-7-13-8-10/h5-8,14H,3-4H2,1-2H3. The number of nitrogens with one attached hydrogen (secondary N) is 1. The first-order valence-electron chi connectivity index (χ1n) is 5.35. The zero-order chi connectivity index (χ0) is 12.9. The van der Waals surface area contributed by atoms with Crippen molar-refractivity contribution in [3.8, 4) is 6.07 Å². The zero-order valence-electron chi connectivity index (χ0n) is 9.84. The third-order valence-electron chi connectivity index (χ3n) is 2.70. The monoisotopic (exact) mass is 253 g/mol. The lowest BCUT2D eigenvalue weighted by Crippen LogP contribution is -2.46. The average molecular weight is 253 g/mol. The number of hydrogen-bond donors (Lipinski definition) is 1. The minimum Gasteiger partial charge on any atom is -0.263 e. The topological polar surface area (TPSA) is 82.9 Å². The summed E-state index contributed by atoms with van der Waals surface area (Å²) in [7, 11) is -3.69. The molecule has 0 aliphatic heterocycles. The summed E-state index contributed by atoms with van der Waals surface area (Å²) in [5.74, 6) is 0. The molecule has 1 rings (SSSR count). The minimum absolute atomic E-state index is 0.0709. The van der Waals surface area contributed by atoms with Gasteiger partial charge in [-0.1, -0.05) is 13.8 Å². The molecule has 0 unspecified atom stereocenters. The predicted octanol–water partition coefficient (Wildman–Crippen LogP) is 1.44. The van der Waals surface area contributed by atoms with Gasteiger partial charge in [-0.05, 0) is 25.0 Å². The summed E-state index contributed by atoms with van der Waals surface area (Å²) >= 11 is 0. The third-order valence-corrected chi connectivity index (χ3v) is 4.22. The Hall–Kier alpha value is -1.45. The fourth-order valence-corrected chi connectivity index (χ4v) is 2.82. The van der Waals surface area contributed by atoms with Crippen LogP contribution in [0.2, 0.25) is 0 Å². The second-order valence-electron chi connectivity index (χ2n) is 3.70. The molecule has 0 amide bonds. The van der Waals surface area contributed by atoms with Crippen molar-refractivity contribution in [2.24, 2.45) is 0 Å². The molecule has 6 heteroatoms. The molecule has 0 aromatic carbocycles. The van der Waals surface area contributed by atoms with Crippen LogP contribution in [0.1, 0.15) is 26.7 Å². The van der Waals surface area contributed by atoms with Gasteiger partial charge in [-0.15, -0.1) is 0 Å². The van der Waals surface area contributed by atoms with Crippen molar-refractivity contribution < 1.29 is 8.42 Å². The van der Waals surface area contributed by atoms with E-state index in [0.29, 0.717) is 12.8 Å². The third kappa shape index (κ3) is 3.02. The molecule has 0 radical (unpaired) electrons. The Labute approximate surface area is 102 Å². The van der Waals surface area contributed by atoms with Crippen molar-refractivity contribution in [1.29, 1.82) is 5.26 Å². The summed E-state index contributed by atoms with van der Waals surface area (Å²) in [5.41, 5.74) is -1.05. The van der Waals surface area contributed by atoms with Crippen LogP contribution < -0.4 is 4.72 Å². The molecule has 0 aliphatic carbocycles. The van der Waals surface area contributed by atoms with Crippen molar-refractivity contribution in [1.82, 2.24) is 9.71 Å². The second-order valence-corrected chi connectivity index (χ2v) is 5.38. The highest BCUT2D eigenvalue weighted by Gasteiger charge is 2.32. The Kier molecular flexibility index (Phi) is 4.21. The SMILES string of the molecule is CCC(C#N)(CC)NS(=O)(=O)c1cccnc1. The van der Waals surface area contributed by atoms with Crippen LogP contribution in [0, 0.1) is 11.3 Å². The van der Waals surface area contributed by atoms with Crippen LogP contribution in [0.4, 0.5) is 0 Å². The Morgan fingerprint density at radius 2 is 2.12 bits per heavy atom. The van der Waals surface area contributed by atoms with Gasteiger partial charge in [-0.25, -0.2) is 8.42 Å². The number of pyridine rings is 1. The largest absolute Gasteiger partial charge is 0.263 e. The average Bonchev–Trinajstić information content (AvgIpc) is 2.37. The summed E-state index contributed by atoms with van der Waals surface area (Å²) in [6, 6.07) is 5.02.